The van der Waals surface area contributed by atoms with Gasteiger partial charge >= 0.3 is 0 Å². The highest BCUT2D eigenvalue weighted by atomic mass is 15.3. The highest BCUT2D eigenvalue weighted by Gasteiger charge is 2.49. The van der Waals surface area contributed by atoms with Crippen molar-refractivity contribution >= 4 is 0 Å². The van der Waals surface area contributed by atoms with Crippen molar-refractivity contribution in [3.63, 3.8) is 0 Å². The molecule has 0 aromatic carbocycles. The molecule has 11 heavy (non-hydrogen) atoms. The molecular formula is C9H18N2. The molecule has 0 bridgehead atoms. The van der Waals surface area contributed by atoms with E-state index in [2.05, 4.69) is 11.8 Å². The summed E-state index contributed by atoms with van der Waals surface area (Å²) in [6.45, 7) is 4.67. The lowest BCUT2D eigenvalue weighted by molar-refractivity contribution is 0.0488. The fourth-order valence-corrected chi connectivity index (χ4v) is 2.72. The van der Waals surface area contributed by atoms with Crippen LogP contribution in [-0.2, 0) is 0 Å². The Hall–Kier alpha value is -0.0800. The van der Waals surface area contributed by atoms with Crippen LogP contribution in [0.3, 0.4) is 0 Å². The van der Waals surface area contributed by atoms with Crippen LogP contribution < -0.4 is 5.73 Å². The topological polar surface area (TPSA) is 29.3 Å². The number of likely N-dealkylation sites (N-methyl/N-ethyl adjacent to an activating group) is 1. The Morgan fingerprint density at radius 1 is 1.55 bits per heavy atom. The van der Waals surface area contributed by atoms with E-state index in [0.717, 1.165) is 0 Å². The van der Waals surface area contributed by atoms with Crippen LogP contribution >= 0.6 is 0 Å². The van der Waals surface area contributed by atoms with Gasteiger partial charge in [-0.3, -0.25) is 4.90 Å². The molecular weight excluding hydrogens is 136 g/mol. The van der Waals surface area contributed by atoms with E-state index in [-0.39, 0.29) is 0 Å². The Labute approximate surface area is 68.7 Å². The average Bonchev–Trinajstić information content (AvgIpc) is 2.24. The average molecular weight is 154 g/mol. The van der Waals surface area contributed by atoms with Gasteiger partial charge in [0.15, 0.2) is 0 Å². The third-order valence-electron chi connectivity index (χ3n) is 3.63. The molecule has 2 heteroatoms. The molecule has 0 aromatic rings. The molecule has 64 valence electrons. The summed E-state index contributed by atoms with van der Waals surface area (Å²) in [7, 11) is 0. The molecule has 2 nitrogen and oxygen atoms in total. The van der Waals surface area contributed by atoms with Gasteiger partial charge < -0.3 is 5.73 Å². The maximum atomic E-state index is 6.10. The highest BCUT2D eigenvalue weighted by molar-refractivity contribution is 5.09. The van der Waals surface area contributed by atoms with Crippen molar-refractivity contribution in [2.45, 2.75) is 44.2 Å². The highest BCUT2D eigenvalue weighted by Crippen LogP contribution is 2.44. The SMILES string of the molecule is CCN1CCC(N)C12CCC2. The second-order valence-corrected chi connectivity index (χ2v) is 3.93. The maximum absolute atomic E-state index is 6.10. The first-order chi connectivity index (χ1) is 5.29. The van der Waals surface area contributed by atoms with Crippen molar-refractivity contribution in [1.29, 1.82) is 0 Å². The van der Waals surface area contributed by atoms with Crippen molar-refractivity contribution < 1.29 is 0 Å². The third kappa shape index (κ3) is 0.859. The molecule has 1 heterocycles. The normalized spacial score (nSPS) is 36.0. The first kappa shape index (κ1) is 7.56. The zero-order chi connectivity index (χ0) is 7.90. The van der Waals surface area contributed by atoms with Crippen molar-refractivity contribution in [3.8, 4) is 0 Å². The van der Waals surface area contributed by atoms with Crippen LogP contribution in [0.15, 0.2) is 0 Å². The Kier molecular flexibility index (Phi) is 1.69. The van der Waals surface area contributed by atoms with Crippen LogP contribution in [0.4, 0.5) is 0 Å². The van der Waals surface area contributed by atoms with Gasteiger partial charge in [0.25, 0.3) is 0 Å². The molecule has 0 aromatic heterocycles. The number of likely N-dealkylation sites (tertiary alicyclic amines) is 1. The van der Waals surface area contributed by atoms with E-state index in [0.29, 0.717) is 11.6 Å². The number of nitrogens with zero attached hydrogens (tertiary/aromatic N) is 1. The van der Waals surface area contributed by atoms with Crippen LogP contribution in [0, 0.1) is 0 Å². The quantitative estimate of drug-likeness (QED) is 0.609. The molecule has 2 rings (SSSR count). The Morgan fingerprint density at radius 2 is 2.27 bits per heavy atom. The van der Waals surface area contributed by atoms with E-state index >= 15 is 0 Å². The summed E-state index contributed by atoms with van der Waals surface area (Å²) < 4.78 is 0. The van der Waals surface area contributed by atoms with Crippen molar-refractivity contribution in [2.24, 2.45) is 5.73 Å². The second-order valence-electron chi connectivity index (χ2n) is 3.93. The number of nitrogens with two attached hydrogens (primary N) is 1. The molecule has 0 radical (unpaired) electrons. The second kappa shape index (κ2) is 2.46. The number of hydrogen-bond acceptors (Lipinski definition) is 2. The van der Waals surface area contributed by atoms with Crippen LogP contribution in [0.25, 0.3) is 0 Å². The lowest BCUT2D eigenvalue weighted by Gasteiger charge is -2.48. The van der Waals surface area contributed by atoms with E-state index in [1.165, 1.54) is 38.8 Å². The van der Waals surface area contributed by atoms with Gasteiger partial charge in [0.1, 0.15) is 0 Å². The summed E-state index contributed by atoms with van der Waals surface area (Å²) in [5.41, 5.74) is 6.55. The van der Waals surface area contributed by atoms with Crippen molar-refractivity contribution in [1.82, 2.24) is 4.90 Å². The maximum Gasteiger partial charge on any atom is 0.0360 e. The zero-order valence-corrected chi connectivity index (χ0v) is 7.34. The standard InChI is InChI=1S/C9H18N2/c1-2-11-7-4-8(10)9(11)5-3-6-9/h8H,2-7,10H2,1H3. The molecule has 2 aliphatic rings. The van der Waals surface area contributed by atoms with Crippen LogP contribution in [0.2, 0.25) is 0 Å². The van der Waals surface area contributed by atoms with E-state index in [9.17, 15) is 0 Å². The smallest absolute Gasteiger partial charge is 0.0360 e. The number of rotatable bonds is 1. The van der Waals surface area contributed by atoms with Gasteiger partial charge in [0.2, 0.25) is 0 Å². The molecule has 1 aliphatic carbocycles. The summed E-state index contributed by atoms with van der Waals surface area (Å²) in [5.74, 6) is 0. The van der Waals surface area contributed by atoms with Gasteiger partial charge in [-0.05, 0) is 32.2 Å². The molecule has 1 spiro atoms. The summed E-state index contributed by atoms with van der Waals surface area (Å²) in [5, 5.41) is 0. The van der Waals surface area contributed by atoms with E-state index in [1.807, 2.05) is 0 Å². The largest absolute Gasteiger partial charge is 0.326 e. The van der Waals surface area contributed by atoms with Gasteiger partial charge in [-0.1, -0.05) is 6.92 Å². The lowest BCUT2D eigenvalue weighted by atomic mass is 9.72. The molecule has 2 N–H and O–H groups in total. The molecule has 1 aliphatic heterocycles. The minimum atomic E-state index is 0.453. The fourth-order valence-electron chi connectivity index (χ4n) is 2.72. The minimum Gasteiger partial charge on any atom is -0.326 e. The lowest BCUT2D eigenvalue weighted by Crippen LogP contribution is -2.58. The van der Waals surface area contributed by atoms with Crippen LogP contribution in [0.1, 0.15) is 32.6 Å². The van der Waals surface area contributed by atoms with Gasteiger partial charge in [-0.15, -0.1) is 0 Å². The molecule has 1 atom stereocenters. The molecule has 2 fully saturated rings. The predicted molar refractivity (Wildman–Crippen MR) is 46.4 cm³/mol. The monoisotopic (exact) mass is 154 g/mol. The minimum absolute atomic E-state index is 0.453. The molecule has 1 saturated heterocycles. The van der Waals surface area contributed by atoms with Crippen molar-refractivity contribution in [2.75, 3.05) is 13.1 Å². The molecule has 1 unspecified atom stereocenters. The van der Waals surface area contributed by atoms with Crippen LogP contribution in [0.5, 0.6) is 0 Å². The molecule has 1 saturated carbocycles. The Morgan fingerprint density at radius 3 is 2.64 bits per heavy atom. The summed E-state index contributed by atoms with van der Waals surface area (Å²) in [6.07, 6.45) is 5.31. The van der Waals surface area contributed by atoms with Crippen molar-refractivity contribution in [3.05, 3.63) is 0 Å². The van der Waals surface area contributed by atoms with Crippen LogP contribution in [-0.4, -0.2) is 29.6 Å². The predicted octanol–water partition coefficient (Wildman–Crippen LogP) is 0.962. The first-order valence-electron chi connectivity index (χ1n) is 4.80. The third-order valence-corrected chi connectivity index (χ3v) is 3.63. The number of hydrogen-bond donors (Lipinski definition) is 1. The first-order valence-corrected chi connectivity index (χ1v) is 4.80. The van der Waals surface area contributed by atoms with Gasteiger partial charge in [0.05, 0.1) is 0 Å². The Bertz CT molecular complexity index is 152. The summed E-state index contributed by atoms with van der Waals surface area (Å²) >= 11 is 0. The van der Waals surface area contributed by atoms with E-state index in [1.54, 1.807) is 0 Å². The summed E-state index contributed by atoms with van der Waals surface area (Å²) in [4.78, 5) is 2.58. The zero-order valence-electron chi connectivity index (χ0n) is 7.34. The van der Waals surface area contributed by atoms with E-state index in [4.69, 9.17) is 5.73 Å². The van der Waals surface area contributed by atoms with Gasteiger partial charge in [0, 0.05) is 18.1 Å². The Balaban J connectivity index is 2.12. The van der Waals surface area contributed by atoms with Gasteiger partial charge in [-0.25, -0.2) is 0 Å². The fraction of sp³-hybridized carbons (Fsp3) is 1.00. The van der Waals surface area contributed by atoms with E-state index < -0.39 is 0 Å². The van der Waals surface area contributed by atoms with Gasteiger partial charge in [-0.2, -0.15) is 0 Å². The molecule has 0 amide bonds. The summed E-state index contributed by atoms with van der Waals surface area (Å²) in [6, 6.07) is 0.469.